The second-order valence-corrected chi connectivity index (χ2v) is 4.85. The van der Waals surface area contributed by atoms with Gasteiger partial charge in [-0.25, -0.2) is 0 Å². The molecule has 1 aliphatic rings. The molecule has 2 rings (SSSR count). The molecule has 1 unspecified atom stereocenters. The number of nitrogens with zero attached hydrogens (tertiary/aromatic N) is 1. The highest BCUT2D eigenvalue weighted by Gasteiger charge is 2.15. The van der Waals surface area contributed by atoms with Crippen LogP contribution in [0.4, 0.5) is 0 Å². The number of aliphatic hydroxyl groups excluding tert-OH is 1. The molecule has 1 heterocycles. The van der Waals surface area contributed by atoms with E-state index >= 15 is 0 Å². The molecule has 4 nitrogen and oxygen atoms in total. The molecule has 100 valence electrons. The Labute approximate surface area is 113 Å². The Kier molecular flexibility index (Phi) is 5.26. The average molecular weight is 271 g/mol. The lowest BCUT2D eigenvalue weighted by molar-refractivity contribution is 0.0642. The van der Waals surface area contributed by atoms with Gasteiger partial charge in [0.05, 0.1) is 5.02 Å². The topological polar surface area (TPSA) is 44.7 Å². The summed E-state index contributed by atoms with van der Waals surface area (Å²) in [6.07, 6.45) is -0.487. The lowest BCUT2D eigenvalue weighted by atomic mass is 10.3. The van der Waals surface area contributed by atoms with Crippen molar-refractivity contribution in [2.24, 2.45) is 0 Å². The smallest absolute Gasteiger partial charge is 0.138 e. The number of nitrogens with one attached hydrogen (secondary N) is 1. The summed E-state index contributed by atoms with van der Waals surface area (Å²) < 4.78 is 5.52. The van der Waals surface area contributed by atoms with Crippen LogP contribution in [0.5, 0.6) is 5.75 Å². The molecule has 1 saturated heterocycles. The van der Waals surface area contributed by atoms with Gasteiger partial charge in [0, 0.05) is 32.7 Å². The standard InChI is InChI=1S/C13H19ClN2O2/c14-12-3-1-2-4-13(12)18-10-11(17)9-16-7-5-15-6-8-16/h1-4,11,15,17H,5-10H2. The molecule has 0 bridgehead atoms. The molecule has 18 heavy (non-hydrogen) atoms. The van der Waals surface area contributed by atoms with Crippen molar-refractivity contribution in [3.63, 3.8) is 0 Å². The lowest BCUT2D eigenvalue weighted by Gasteiger charge is -2.29. The van der Waals surface area contributed by atoms with Crippen LogP contribution < -0.4 is 10.1 Å². The first-order valence-electron chi connectivity index (χ1n) is 6.24. The Balaban J connectivity index is 1.74. The highest BCUT2D eigenvalue weighted by atomic mass is 35.5. The molecule has 1 aromatic rings. The maximum absolute atomic E-state index is 9.92. The van der Waals surface area contributed by atoms with E-state index in [4.69, 9.17) is 16.3 Å². The Hall–Kier alpha value is -0.810. The van der Waals surface area contributed by atoms with E-state index in [1.165, 1.54) is 0 Å². The van der Waals surface area contributed by atoms with E-state index in [1.54, 1.807) is 12.1 Å². The van der Waals surface area contributed by atoms with Crippen molar-refractivity contribution in [2.75, 3.05) is 39.3 Å². The third-order valence-corrected chi connectivity index (χ3v) is 3.26. The zero-order valence-electron chi connectivity index (χ0n) is 10.3. The van der Waals surface area contributed by atoms with Crippen molar-refractivity contribution >= 4 is 11.6 Å². The third kappa shape index (κ3) is 4.14. The van der Waals surface area contributed by atoms with Gasteiger partial charge < -0.3 is 15.2 Å². The molecule has 0 amide bonds. The van der Waals surface area contributed by atoms with E-state index in [0.717, 1.165) is 26.2 Å². The molecular weight excluding hydrogens is 252 g/mol. The molecular formula is C13H19ClN2O2. The van der Waals surface area contributed by atoms with Crippen LogP contribution in [0.1, 0.15) is 0 Å². The Morgan fingerprint density at radius 2 is 2.06 bits per heavy atom. The molecule has 0 saturated carbocycles. The largest absolute Gasteiger partial charge is 0.489 e. The van der Waals surface area contributed by atoms with Gasteiger partial charge in [-0.2, -0.15) is 0 Å². The zero-order valence-corrected chi connectivity index (χ0v) is 11.1. The molecule has 1 atom stereocenters. The van der Waals surface area contributed by atoms with Gasteiger partial charge >= 0.3 is 0 Å². The van der Waals surface area contributed by atoms with Crippen LogP contribution in [0.15, 0.2) is 24.3 Å². The first-order valence-corrected chi connectivity index (χ1v) is 6.62. The number of hydrogen-bond donors (Lipinski definition) is 2. The second-order valence-electron chi connectivity index (χ2n) is 4.45. The van der Waals surface area contributed by atoms with Gasteiger partial charge in [0.1, 0.15) is 18.5 Å². The number of rotatable bonds is 5. The monoisotopic (exact) mass is 270 g/mol. The highest BCUT2D eigenvalue weighted by Crippen LogP contribution is 2.23. The minimum atomic E-state index is -0.487. The summed E-state index contributed by atoms with van der Waals surface area (Å²) in [5.41, 5.74) is 0. The molecule has 0 radical (unpaired) electrons. The first kappa shape index (κ1) is 13.6. The van der Waals surface area contributed by atoms with Crippen LogP contribution in [0.25, 0.3) is 0 Å². The zero-order chi connectivity index (χ0) is 12.8. The van der Waals surface area contributed by atoms with E-state index in [0.29, 0.717) is 17.3 Å². The van der Waals surface area contributed by atoms with Crippen molar-refractivity contribution in [1.82, 2.24) is 10.2 Å². The number of piperazine rings is 1. The minimum absolute atomic E-state index is 0.271. The third-order valence-electron chi connectivity index (χ3n) is 2.95. The number of aliphatic hydroxyl groups is 1. The number of benzene rings is 1. The number of para-hydroxylation sites is 1. The molecule has 0 aliphatic carbocycles. The van der Waals surface area contributed by atoms with Crippen molar-refractivity contribution in [2.45, 2.75) is 6.10 Å². The number of halogens is 1. The number of β-amino-alcohol motifs (C(OH)–C–C–N with tert-alkyl or cyclic N) is 1. The van der Waals surface area contributed by atoms with Crippen LogP contribution in [-0.2, 0) is 0 Å². The van der Waals surface area contributed by atoms with Crippen molar-refractivity contribution in [3.05, 3.63) is 29.3 Å². The molecule has 1 aliphatic heterocycles. The van der Waals surface area contributed by atoms with Crippen molar-refractivity contribution < 1.29 is 9.84 Å². The normalized spacial score (nSPS) is 18.6. The second kappa shape index (κ2) is 6.95. The maximum Gasteiger partial charge on any atom is 0.138 e. The van der Waals surface area contributed by atoms with Gasteiger partial charge in [-0.15, -0.1) is 0 Å². The van der Waals surface area contributed by atoms with Crippen LogP contribution in [0.2, 0.25) is 5.02 Å². The summed E-state index contributed by atoms with van der Waals surface area (Å²) in [4.78, 5) is 2.23. The summed E-state index contributed by atoms with van der Waals surface area (Å²) in [5.74, 6) is 0.624. The SMILES string of the molecule is OC(COc1ccccc1Cl)CN1CCNCC1. The van der Waals surface area contributed by atoms with E-state index in [-0.39, 0.29) is 6.61 Å². The minimum Gasteiger partial charge on any atom is -0.489 e. The molecule has 5 heteroatoms. The van der Waals surface area contributed by atoms with Gasteiger partial charge in [0.25, 0.3) is 0 Å². The van der Waals surface area contributed by atoms with E-state index in [9.17, 15) is 5.11 Å². The van der Waals surface area contributed by atoms with Gasteiger partial charge in [-0.3, -0.25) is 4.90 Å². The quantitative estimate of drug-likeness (QED) is 0.838. The predicted molar refractivity (Wildman–Crippen MR) is 72.3 cm³/mol. The summed E-state index contributed by atoms with van der Waals surface area (Å²) in [6, 6.07) is 7.30. The molecule has 0 spiro atoms. The fraction of sp³-hybridized carbons (Fsp3) is 0.538. The molecule has 2 N–H and O–H groups in total. The van der Waals surface area contributed by atoms with Crippen molar-refractivity contribution in [1.29, 1.82) is 0 Å². The molecule has 0 aromatic heterocycles. The van der Waals surface area contributed by atoms with Gasteiger partial charge in [0.15, 0.2) is 0 Å². The summed E-state index contributed by atoms with van der Waals surface area (Å²) in [6.45, 7) is 4.84. The fourth-order valence-corrected chi connectivity index (χ4v) is 2.18. The number of hydrogen-bond acceptors (Lipinski definition) is 4. The van der Waals surface area contributed by atoms with Crippen LogP contribution in [0.3, 0.4) is 0 Å². The lowest BCUT2D eigenvalue weighted by Crippen LogP contribution is -2.47. The van der Waals surface area contributed by atoms with E-state index < -0.39 is 6.10 Å². The summed E-state index contributed by atoms with van der Waals surface area (Å²) in [7, 11) is 0. The molecule has 1 aromatic carbocycles. The maximum atomic E-state index is 9.92. The van der Waals surface area contributed by atoms with Crippen molar-refractivity contribution in [3.8, 4) is 5.75 Å². The van der Waals surface area contributed by atoms with E-state index in [1.807, 2.05) is 12.1 Å². The average Bonchev–Trinajstić information content (AvgIpc) is 2.39. The number of ether oxygens (including phenoxy) is 1. The van der Waals surface area contributed by atoms with Gasteiger partial charge in [-0.1, -0.05) is 23.7 Å². The summed E-state index contributed by atoms with van der Waals surface area (Å²) >= 11 is 5.97. The Morgan fingerprint density at radius 1 is 1.33 bits per heavy atom. The Morgan fingerprint density at radius 3 is 2.78 bits per heavy atom. The van der Waals surface area contributed by atoms with Crippen LogP contribution >= 0.6 is 11.6 Å². The molecule has 1 fully saturated rings. The summed E-state index contributed by atoms with van der Waals surface area (Å²) in [5, 5.41) is 13.8. The van der Waals surface area contributed by atoms with Gasteiger partial charge in [-0.05, 0) is 12.1 Å². The predicted octanol–water partition coefficient (Wildman–Crippen LogP) is 0.985. The van der Waals surface area contributed by atoms with Crippen LogP contribution in [0, 0.1) is 0 Å². The van der Waals surface area contributed by atoms with E-state index in [2.05, 4.69) is 10.2 Å². The highest BCUT2D eigenvalue weighted by molar-refractivity contribution is 6.32. The Bertz CT molecular complexity index is 370. The first-order chi connectivity index (χ1) is 8.75. The van der Waals surface area contributed by atoms with Gasteiger partial charge in [0.2, 0.25) is 0 Å². The van der Waals surface area contributed by atoms with Crippen LogP contribution in [-0.4, -0.2) is 55.4 Å². The fourth-order valence-electron chi connectivity index (χ4n) is 1.99.